The first-order valence-electron chi connectivity index (χ1n) is 6.86. The van der Waals surface area contributed by atoms with Crippen molar-refractivity contribution < 1.29 is 9.84 Å². The van der Waals surface area contributed by atoms with Crippen LogP contribution in [-0.2, 0) is 0 Å². The molecule has 1 heterocycles. The zero-order chi connectivity index (χ0) is 13.7. The first-order chi connectivity index (χ1) is 9.20. The van der Waals surface area contributed by atoms with Crippen molar-refractivity contribution in [2.45, 2.75) is 38.0 Å². The van der Waals surface area contributed by atoms with E-state index < -0.39 is 6.10 Å². The van der Waals surface area contributed by atoms with E-state index in [1.165, 1.54) is 18.6 Å². The Bertz CT molecular complexity index is 376. The second-order valence-corrected chi connectivity index (χ2v) is 6.24. The zero-order valence-electron chi connectivity index (χ0n) is 11.6. The van der Waals surface area contributed by atoms with Gasteiger partial charge in [-0.25, -0.2) is 0 Å². The number of ether oxygens (including phenoxy) is 1. The molecular formula is C15H23NO2S. The maximum atomic E-state index is 10.4. The van der Waals surface area contributed by atoms with E-state index in [0.29, 0.717) is 6.04 Å². The summed E-state index contributed by atoms with van der Waals surface area (Å²) in [6, 6.07) is 8.23. The van der Waals surface area contributed by atoms with Crippen LogP contribution in [0.4, 0.5) is 0 Å². The molecule has 19 heavy (non-hydrogen) atoms. The minimum atomic E-state index is -0.474. The summed E-state index contributed by atoms with van der Waals surface area (Å²) >= 11 is 2.00. The Labute approximate surface area is 119 Å². The van der Waals surface area contributed by atoms with Crippen LogP contribution in [0.5, 0.6) is 5.75 Å². The fourth-order valence-electron chi connectivity index (χ4n) is 2.42. The molecule has 3 nitrogen and oxygen atoms in total. The minimum absolute atomic E-state index is 0.0668. The normalized spacial score (nSPS) is 22.8. The fraction of sp³-hybridized carbons (Fsp3) is 0.600. The number of hydrogen-bond acceptors (Lipinski definition) is 4. The van der Waals surface area contributed by atoms with E-state index in [9.17, 15) is 5.11 Å². The maximum absolute atomic E-state index is 10.4. The summed E-state index contributed by atoms with van der Waals surface area (Å²) in [7, 11) is 1.65. The van der Waals surface area contributed by atoms with Gasteiger partial charge in [-0.1, -0.05) is 12.1 Å². The van der Waals surface area contributed by atoms with Crippen molar-refractivity contribution in [2.75, 3.05) is 18.6 Å². The molecule has 106 valence electrons. The van der Waals surface area contributed by atoms with Gasteiger partial charge in [0.25, 0.3) is 0 Å². The van der Waals surface area contributed by atoms with E-state index in [1.54, 1.807) is 7.11 Å². The Morgan fingerprint density at radius 1 is 1.37 bits per heavy atom. The van der Waals surface area contributed by atoms with Gasteiger partial charge in [0, 0.05) is 17.8 Å². The topological polar surface area (TPSA) is 41.5 Å². The molecule has 4 heteroatoms. The first kappa shape index (κ1) is 14.7. The molecule has 0 saturated carbocycles. The summed E-state index contributed by atoms with van der Waals surface area (Å²) in [4.78, 5) is 0. The SMILES string of the molecule is COc1ccc([C@H](O)[C@H](C)N[C@@H]2CCCSC2)cc1. The minimum Gasteiger partial charge on any atom is -0.497 e. The number of rotatable bonds is 5. The lowest BCUT2D eigenvalue weighted by Crippen LogP contribution is -2.42. The van der Waals surface area contributed by atoms with Crippen LogP contribution in [0.1, 0.15) is 31.4 Å². The highest BCUT2D eigenvalue weighted by molar-refractivity contribution is 7.99. The molecule has 0 aliphatic carbocycles. The number of hydrogen-bond donors (Lipinski definition) is 2. The molecule has 1 aromatic rings. The van der Waals surface area contributed by atoms with E-state index in [-0.39, 0.29) is 6.04 Å². The van der Waals surface area contributed by atoms with Gasteiger partial charge >= 0.3 is 0 Å². The van der Waals surface area contributed by atoms with Crippen molar-refractivity contribution >= 4 is 11.8 Å². The summed E-state index contributed by atoms with van der Waals surface area (Å²) in [6.45, 7) is 2.05. The van der Waals surface area contributed by atoms with Gasteiger partial charge in [0.05, 0.1) is 13.2 Å². The van der Waals surface area contributed by atoms with E-state index >= 15 is 0 Å². The van der Waals surface area contributed by atoms with Crippen LogP contribution in [-0.4, -0.2) is 35.8 Å². The number of benzene rings is 1. The van der Waals surface area contributed by atoms with E-state index in [0.717, 1.165) is 17.1 Å². The predicted molar refractivity (Wildman–Crippen MR) is 80.9 cm³/mol. The fourth-order valence-corrected chi connectivity index (χ4v) is 3.51. The average Bonchev–Trinajstić information content (AvgIpc) is 2.47. The summed E-state index contributed by atoms with van der Waals surface area (Å²) in [5, 5.41) is 13.9. The van der Waals surface area contributed by atoms with Crippen LogP contribution in [0, 0.1) is 0 Å². The van der Waals surface area contributed by atoms with Crippen molar-refractivity contribution in [2.24, 2.45) is 0 Å². The highest BCUT2D eigenvalue weighted by Gasteiger charge is 2.21. The maximum Gasteiger partial charge on any atom is 0.118 e. The highest BCUT2D eigenvalue weighted by atomic mass is 32.2. The number of methoxy groups -OCH3 is 1. The average molecular weight is 281 g/mol. The molecule has 1 saturated heterocycles. The van der Waals surface area contributed by atoms with Gasteiger partial charge in [-0.3, -0.25) is 0 Å². The van der Waals surface area contributed by atoms with Crippen molar-refractivity contribution in [3.63, 3.8) is 0 Å². The lowest BCUT2D eigenvalue weighted by atomic mass is 10.0. The lowest BCUT2D eigenvalue weighted by molar-refractivity contribution is 0.130. The van der Waals surface area contributed by atoms with Gasteiger partial charge in [-0.05, 0) is 43.2 Å². The summed E-state index contributed by atoms with van der Waals surface area (Å²) in [5.74, 6) is 3.24. The summed E-state index contributed by atoms with van der Waals surface area (Å²) in [5.41, 5.74) is 0.935. The predicted octanol–water partition coefficient (Wildman–Crippen LogP) is 2.60. The molecule has 1 fully saturated rings. The molecule has 0 bridgehead atoms. The van der Waals surface area contributed by atoms with Crippen molar-refractivity contribution in [1.82, 2.24) is 5.32 Å². The Kier molecular flexibility index (Phi) is 5.55. The first-order valence-corrected chi connectivity index (χ1v) is 8.02. The van der Waals surface area contributed by atoms with E-state index in [1.807, 2.05) is 43.0 Å². The standard InChI is InChI=1S/C15H23NO2S/c1-11(16-13-4-3-9-19-10-13)15(17)12-5-7-14(18-2)8-6-12/h5-8,11,13,15-17H,3-4,9-10H2,1-2H3/t11-,13+,15+/m0/s1. The highest BCUT2D eigenvalue weighted by Crippen LogP contribution is 2.22. The Hall–Kier alpha value is -0.710. The van der Waals surface area contributed by atoms with Crippen molar-refractivity contribution in [3.05, 3.63) is 29.8 Å². The quantitative estimate of drug-likeness (QED) is 0.870. The van der Waals surface area contributed by atoms with Crippen LogP contribution in [0.3, 0.4) is 0 Å². The number of aliphatic hydroxyl groups is 1. The van der Waals surface area contributed by atoms with Gasteiger partial charge in [0.2, 0.25) is 0 Å². The zero-order valence-corrected chi connectivity index (χ0v) is 12.5. The molecule has 0 amide bonds. The van der Waals surface area contributed by atoms with Crippen LogP contribution in [0.15, 0.2) is 24.3 Å². The van der Waals surface area contributed by atoms with Crippen LogP contribution >= 0.6 is 11.8 Å². The molecular weight excluding hydrogens is 258 g/mol. The molecule has 0 spiro atoms. The number of aliphatic hydroxyl groups excluding tert-OH is 1. The molecule has 1 aromatic carbocycles. The van der Waals surface area contributed by atoms with Gasteiger partial charge in [0.15, 0.2) is 0 Å². The molecule has 3 atom stereocenters. The Morgan fingerprint density at radius 3 is 2.68 bits per heavy atom. The van der Waals surface area contributed by atoms with Crippen LogP contribution < -0.4 is 10.1 Å². The monoisotopic (exact) mass is 281 g/mol. The third-order valence-corrected chi connectivity index (χ3v) is 4.81. The summed E-state index contributed by atoms with van der Waals surface area (Å²) < 4.78 is 5.13. The van der Waals surface area contributed by atoms with Crippen LogP contribution in [0.2, 0.25) is 0 Å². The molecule has 2 N–H and O–H groups in total. The Morgan fingerprint density at radius 2 is 2.11 bits per heavy atom. The molecule has 2 rings (SSSR count). The molecule has 0 radical (unpaired) electrons. The lowest BCUT2D eigenvalue weighted by Gasteiger charge is -2.29. The molecule has 1 aliphatic heterocycles. The molecule has 0 aromatic heterocycles. The molecule has 1 aliphatic rings. The number of nitrogens with one attached hydrogen (secondary N) is 1. The Balaban J connectivity index is 1.91. The van der Waals surface area contributed by atoms with Gasteiger partial charge in [0.1, 0.15) is 5.75 Å². The van der Waals surface area contributed by atoms with Gasteiger partial charge < -0.3 is 15.2 Å². The molecule has 0 unspecified atom stereocenters. The van der Waals surface area contributed by atoms with Crippen molar-refractivity contribution in [1.29, 1.82) is 0 Å². The second kappa shape index (κ2) is 7.17. The van der Waals surface area contributed by atoms with E-state index in [2.05, 4.69) is 5.32 Å². The van der Waals surface area contributed by atoms with Crippen molar-refractivity contribution in [3.8, 4) is 5.75 Å². The van der Waals surface area contributed by atoms with Crippen LogP contribution in [0.25, 0.3) is 0 Å². The second-order valence-electron chi connectivity index (χ2n) is 5.09. The van der Waals surface area contributed by atoms with Gasteiger partial charge in [-0.15, -0.1) is 0 Å². The third kappa shape index (κ3) is 4.13. The largest absolute Gasteiger partial charge is 0.497 e. The number of thioether (sulfide) groups is 1. The smallest absolute Gasteiger partial charge is 0.118 e. The van der Waals surface area contributed by atoms with Gasteiger partial charge in [-0.2, -0.15) is 11.8 Å². The third-order valence-electron chi connectivity index (χ3n) is 3.59. The van der Waals surface area contributed by atoms with E-state index in [4.69, 9.17) is 4.74 Å². The summed E-state index contributed by atoms with van der Waals surface area (Å²) in [6.07, 6.45) is 2.01.